The van der Waals surface area contributed by atoms with E-state index in [1.165, 1.54) is 0 Å². The highest BCUT2D eigenvalue weighted by Crippen LogP contribution is 2.22. The molecule has 0 saturated heterocycles. The molecule has 0 heterocycles. The number of anilines is 1. The Morgan fingerprint density at radius 3 is 2.62 bits per heavy atom. The molecule has 1 N–H and O–H groups in total. The molecular weight excluding hydrogens is 290 g/mol. The van der Waals surface area contributed by atoms with Gasteiger partial charge in [-0.3, -0.25) is 0 Å². The first kappa shape index (κ1) is 13.3. The predicted molar refractivity (Wildman–Crippen MR) is 70.7 cm³/mol. The Labute approximate surface area is 105 Å². The summed E-state index contributed by atoms with van der Waals surface area (Å²) in [5.41, 5.74) is 0.616. The molecule has 1 rings (SSSR count). The molecule has 1 aromatic rings. The number of halogens is 1. The molecule has 0 bridgehead atoms. The Bertz CT molecular complexity index is 483. The SMILES string of the molecule is C=C(Br)CNc1ccccc1S(=O)(=O)CC. The summed E-state index contributed by atoms with van der Waals surface area (Å²) in [6, 6.07) is 6.88. The summed E-state index contributed by atoms with van der Waals surface area (Å²) in [5.74, 6) is 0.0982. The topological polar surface area (TPSA) is 46.2 Å². The summed E-state index contributed by atoms with van der Waals surface area (Å²) >= 11 is 3.22. The van der Waals surface area contributed by atoms with Gasteiger partial charge in [0.15, 0.2) is 9.84 Å². The van der Waals surface area contributed by atoms with Crippen LogP contribution in [0, 0.1) is 0 Å². The van der Waals surface area contributed by atoms with Crippen molar-refractivity contribution in [2.45, 2.75) is 11.8 Å². The van der Waals surface area contributed by atoms with Crippen LogP contribution in [0.5, 0.6) is 0 Å². The van der Waals surface area contributed by atoms with Crippen molar-refractivity contribution in [1.82, 2.24) is 0 Å². The van der Waals surface area contributed by atoms with Crippen molar-refractivity contribution in [2.75, 3.05) is 17.6 Å². The molecule has 0 aliphatic rings. The van der Waals surface area contributed by atoms with E-state index in [-0.39, 0.29) is 5.75 Å². The molecule has 3 nitrogen and oxygen atoms in total. The normalized spacial score (nSPS) is 11.1. The summed E-state index contributed by atoms with van der Waals surface area (Å²) < 4.78 is 24.4. The van der Waals surface area contributed by atoms with Crippen LogP contribution in [0.2, 0.25) is 0 Å². The number of hydrogen-bond acceptors (Lipinski definition) is 3. The average molecular weight is 304 g/mol. The number of para-hydroxylation sites is 1. The van der Waals surface area contributed by atoms with Crippen molar-refractivity contribution in [3.05, 3.63) is 35.3 Å². The van der Waals surface area contributed by atoms with Crippen LogP contribution in [0.3, 0.4) is 0 Å². The first-order chi connectivity index (χ1) is 7.47. The zero-order valence-electron chi connectivity index (χ0n) is 9.03. The minimum Gasteiger partial charge on any atom is -0.379 e. The quantitative estimate of drug-likeness (QED) is 0.910. The second kappa shape index (κ2) is 5.50. The van der Waals surface area contributed by atoms with E-state index < -0.39 is 9.84 Å². The van der Waals surface area contributed by atoms with Gasteiger partial charge in [0.1, 0.15) is 0 Å². The highest BCUT2D eigenvalue weighted by atomic mass is 79.9. The molecule has 88 valence electrons. The summed E-state index contributed by atoms with van der Waals surface area (Å²) in [6.07, 6.45) is 0. The molecule has 0 saturated carbocycles. The van der Waals surface area contributed by atoms with Crippen molar-refractivity contribution in [1.29, 1.82) is 0 Å². The van der Waals surface area contributed by atoms with Crippen LogP contribution in [0.15, 0.2) is 40.2 Å². The highest BCUT2D eigenvalue weighted by molar-refractivity contribution is 9.11. The van der Waals surface area contributed by atoms with Crippen molar-refractivity contribution in [3.8, 4) is 0 Å². The lowest BCUT2D eigenvalue weighted by molar-refractivity contribution is 0.597. The molecule has 16 heavy (non-hydrogen) atoms. The van der Waals surface area contributed by atoms with E-state index in [0.29, 0.717) is 17.1 Å². The minimum absolute atomic E-state index is 0.0982. The zero-order chi connectivity index (χ0) is 12.2. The van der Waals surface area contributed by atoms with E-state index in [1.807, 2.05) is 0 Å². The van der Waals surface area contributed by atoms with Gasteiger partial charge in [-0.15, -0.1) is 0 Å². The lowest BCUT2D eigenvalue weighted by Crippen LogP contribution is -2.09. The van der Waals surface area contributed by atoms with Gasteiger partial charge in [-0.25, -0.2) is 8.42 Å². The van der Waals surface area contributed by atoms with Gasteiger partial charge in [-0.2, -0.15) is 0 Å². The molecule has 0 atom stereocenters. The van der Waals surface area contributed by atoms with Crippen molar-refractivity contribution in [3.63, 3.8) is 0 Å². The van der Waals surface area contributed by atoms with Gasteiger partial charge in [-0.05, 0) is 12.1 Å². The molecule has 0 radical (unpaired) electrons. The molecule has 0 unspecified atom stereocenters. The number of nitrogens with one attached hydrogen (secondary N) is 1. The van der Waals surface area contributed by atoms with E-state index >= 15 is 0 Å². The molecule has 0 aliphatic carbocycles. The third-order valence-corrected chi connectivity index (χ3v) is 4.14. The Morgan fingerprint density at radius 2 is 2.06 bits per heavy atom. The van der Waals surface area contributed by atoms with Crippen LogP contribution in [0.1, 0.15) is 6.92 Å². The lowest BCUT2D eigenvalue weighted by Gasteiger charge is -2.10. The summed E-state index contributed by atoms with van der Waals surface area (Å²) in [7, 11) is -3.18. The standard InChI is InChI=1S/C11H14BrNO2S/c1-3-16(14,15)11-7-5-4-6-10(11)13-8-9(2)12/h4-7,13H,2-3,8H2,1H3. The van der Waals surface area contributed by atoms with Gasteiger partial charge < -0.3 is 5.32 Å². The lowest BCUT2D eigenvalue weighted by atomic mass is 10.3. The van der Waals surface area contributed by atoms with Gasteiger partial charge >= 0.3 is 0 Å². The molecule has 5 heteroatoms. The van der Waals surface area contributed by atoms with Gasteiger partial charge in [0.25, 0.3) is 0 Å². The molecule has 1 aromatic carbocycles. The number of hydrogen-bond donors (Lipinski definition) is 1. The fourth-order valence-electron chi connectivity index (χ4n) is 1.23. The van der Waals surface area contributed by atoms with Gasteiger partial charge in [0, 0.05) is 11.0 Å². The maximum atomic E-state index is 11.8. The third kappa shape index (κ3) is 3.35. The second-order valence-corrected chi connectivity index (χ2v) is 6.64. The fraction of sp³-hybridized carbons (Fsp3) is 0.273. The second-order valence-electron chi connectivity index (χ2n) is 3.27. The monoisotopic (exact) mass is 303 g/mol. The van der Waals surface area contributed by atoms with E-state index in [4.69, 9.17) is 0 Å². The van der Waals surface area contributed by atoms with Crippen LogP contribution in [-0.2, 0) is 9.84 Å². The third-order valence-electron chi connectivity index (χ3n) is 2.07. The number of rotatable bonds is 5. The highest BCUT2D eigenvalue weighted by Gasteiger charge is 2.15. The van der Waals surface area contributed by atoms with E-state index in [1.54, 1.807) is 31.2 Å². The molecule has 0 spiro atoms. The first-order valence-electron chi connectivity index (χ1n) is 4.86. The number of benzene rings is 1. The maximum Gasteiger partial charge on any atom is 0.180 e. The van der Waals surface area contributed by atoms with Crippen LogP contribution >= 0.6 is 15.9 Å². The zero-order valence-corrected chi connectivity index (χ0v) is 11.4. The van der Waals surface area contributed by atoms with Crippen LogP contribution < -0.4 is 5.32 Å². The average Bonchev–Trinajstić information content (AvgIpc) is 2.26. The van der Waals surface area contributed by atoms with Crippen molar-refractivity contribution >= 4 is 31.5 Å². The fourth-order valence-corrected chi connectivity index (χ4v) is 2.44. The molecule has 0 amide bonds. The smallest absolute Gasteiger partial charge is 0.180 e. The van der Waals surface area contributed by atoms with Crippen molar-refractivity contribution < 1.29 is 8.42 Å². The van der Waals surface area contributed by atoms with Crippen LogP contribution in [-0.4, -0.2) is 20.7 Å². The van der Waals surface area contributed by atoms with E-state index in [0.717, 1.165) is 4.48 Å². The van der Waals surface area contributed by atoms with E-state index in [2.05, 4.69) is 27.8 Å². The Morgan fingerprint density at radius 1 is 1.44 bits per heavy atom. The van der Waals surface area contributed by atoms with Gasteiger partial charge in [0.2, 0.25) is 0 Å². The largest absolute Gasteiger partial charge is 0.379 e. The van der Waals surface area contributed by atoms with Crippen LogP contribution in [0.4, 0.5) is 5.69 Å². The molecule has 0 aromatic heterocycles. The van der Waals surface area contributed by atoms with Crippen LogP contribution in [0.25, 0.3) is 0 Å². The predicted octanol–water partition coefficient (Wildman–Crippen LogP) is 2.80. The Kier molecular flexibility index (Phi) is 4.56. The summed E-state index contributed by atoms with van der Waals surface area (Å²) in [4.78, 5) is 0.339. The Balaban J connectivity index is 3.06. The number of sulfone groups is 1. The van der Waals surface area contributed by atoms with Gasteiger partial charge in [0.05, 0.1) is 16.3 Å². The summed E-state index contributed by atoms with van der Waals surface area (Å²) in [6.45, 7) is 5.82. The maximum absolute atomic E-state index is 11.8. The van der Waals surface area contributed by atoms with E-state index in [9.17, 15) is 8.42 Å². The molecule has 0 aliphatic heterocycles. The summed E-state index contributed by atoms with van der Waals surface area (Å²) in [5, 5.41) is 3.03. The molecule has 0 fully saturated rings. The van der Waals surface area contributed by atoms with Gasteiger partial charge in [-0.1, -0.05) is 41.6 Å². The first-order valence-corrected chi connectivity index (χ1v) is 7.31. The Hall–Kier alpha value is -0.810. The van der Waals surface area contributed by atoms with Crippen molar-refractivity contribution in [2.24, 2.45) is 0 Å². The minimum atomic E-state index is -3.18. The molecular formula is C11H14BrNO2S.